The Labute approximate surface area is 101 Å². The normalized spacial score (nSPS) is 14.6. The number of rotatable bonds is 6. The Morgan fingerprint density at radius 2 is 1.88 bits per heavy atom. The number of benzene rings is 1. The van der Waals surface area contributed by atoms with Gasteiger partial charge in [0.05, 0.1) is 0 Å². The number of halogens is 2. The van der Waals surface area contributed by atoms with Crippen molar-refractivity contribution in [3.8, 4) is 0 Å². The van der Waals surface area contributed by atoms with Gasteiger partial charge in [0.2, 0.25) is 0 Å². The Morgan fingerprint density at radius 3 is 2.35 bits per heavy atom. The topological polar surface area (TPSA) is 32.3 Å². The predicted molar refractivity (Wildman–Crippen MR) is 63.7 cm³/mol. The second-order valence-electron chi connectivity index (χ2n) is 4.14. The number of aliphatic hydroxyl groups excluding tert-OH is 1. The van der Waals surface area contributed by atoms with Crippen molar-refractivity contribution in [2.75, 3.05) is 6.61 Å². The molecular weight excluding hydrogens is 224 g/mol. The van der Waals surface area contributed by atoms with Gasteiger partial charge in [-0.15, -0.1) is 0 Å². The zero-order valence-corrected chi connectivity index (χ0v) is 10.2. The summed E-state index contributed by atoms with van der Waals surface area (Å²) >= 11 is 0. The van der Waals surface area contributed by atoms with E-state index in [1.807, 2.05) is 6.92 Å². The van der Waals surface area contributed by atoms with E-state index in [0.29, 0.717) is 6.42 Å². The van der Waals surface area contributed by atoms with Crippen LogP contribution < -0.4 is 5.32 Å². The third-order valence-corrected chi connectivity index (χ3v) is 2.89. The van der Waals surface area contributed by atoms with E-state index in [4.69, 9.17) is 5.11 Å². The molecule has 2 atom stereocenters. The van der Waals surface area contributed by atoms with Crippen LogP contribution in [0, 0.1) is 11.6 Å². The standard InChI is InChI=1S/C13H19F2NO/c1-3-10(7-8-17)16-9(2)13-11(14)5-4-6-12(13)15/h4-6,9-10,16-17H,3,7-8H2,1-2H3. The second-order valence-corrected chi connectivity index (χ2v) is 4.14. The van der Waals surface area contributed by atoms with Gasteiger partial charge < -0.3 is 10.4 Å². The van der Waals surface area contributed by atoms with Gasteiger partial charge in [0.1, 0.15) is 11.6 Å². The molecule has 0 aliphatic rings. The summed E-state index contributed by atoms with van der Waals surface area (Å²) in [6, 6.07) is 3.51. The van der Waals surface area contributed by atoms with E-state index in [0.717, 1.165) is 6.42 Å². The van der Waals surface area contributed by atoms with Crippen LogP contribution in [0.3, 0.4) is 0 Å². The van der Waals surface area contributed by atoms with Crippen LogP contribution in [0.1, 0.15) is 38.3 Å². The monoisotopic (exact) mass is 243 g/mol. The Bertz CT molecular complexity index is 337. The van der Waals surface area contributed by atoms with Crippen molar-refractivity contribution >= 4 is 0 Å². The van der Waals surface area contributed by atoms with Crippen LogP contribution in [0.4, 0.5) is 8.78 Å². The van der Waals surface area contributed by atoms with E-state index in [1.165, 1.54) is 18.2 Å². The summed E-state index contributed by atoms with van der Waals surface area (Å²) in [6.45, 7) is 3.76. The molecule has 1 rings (SSSR count). The molecule has 1 aromatic rings. The molecule has 0 radical (unpaired) electrons. The minimum Gasteiger partial charge on any atom is -0.396 e. The largest absolute Gasteiger partial charge is 0.396 e. The van der Waals surface area contributed by atoms with Crippen LogP contribution in [0.15, 0.2) is 18.2 Å². The van der Waals surface area contributed by atoms with E-state index in [-0.39, 0.29) is 18.2 Å². The first-order valence-corrected chi connectivity index (χ1v) is 5.91. The molecule has 0 saturated heterocycles. The highest BCUT2D eigenvalue weighted by Crippen LogP contribution is 2.21. The molecule has 2 nitrogen and oxygen atoms in total. The summed E-state index contributed by atoms with van der Waals surface area (Å²) in [7, 11) is 0. The molecule has 96 valence electrons. The van der Waals surface area contributed by atoms with Gasteiger partial charge in [0.25, 0.3) is 0 Å². The van der Waals surface area contributed by atoms with E-state index in [2.05, 4.69) is 5.32 Å². The van der Waals surface area contributed by atoms with Crippen molar-refractivity contribution in [1.82, 2.24) is 5.32 Å². The number of hydrogen-bond donors (Lipinski definition) is 2. The van der Waals surface area contributed by atoms with Gasteiger partial charge in [-0.3, -0.25) is 0 Å². The van der Waals surface area contributed by atoms with E-state index >= 15 is 0 Å². The maximum atomic E-state index is 13.5. The molecule has 1 aromatic carbocycles. The first-order chi connectivity index (χ1) is 8.10. The lowest BCUT2D eigenvalue weighted by Gasteiger charge is -2.22. The van der Waals surface area contributed by atoms with Crippen molar-refractivity contribution < 1.29 is 13.9 Å². The molecule has 0 aliphatic carbocycles. The Morgan fingerprint density at radius 1 is 1.29 bits per heavy atom. The van der Waals surface area contributed by atoms with Gasteiger partial charge in [-0.25, -0.2) is 8.78 Å². The molecule has 0 aromatic heterocycles. The third kappa shape index (κ3) is 3.75. The summed E-state index contributed by atoms with van der Waals surface area (Å²) in [4.78, 5) is 0. The van der Waals surface area contributed by atoms with Crippen LogP contribution in [0.5, 0.6) is 0 Å². The lowest BCUT2D eigenvalue weighted by molar-refractivity contribution is 0.256. The fraction of sp³-hybridized carbons (Fsp3) is 0.538. The quantitative estimate of drug-likeness (QED) is 0.805. The van der Waals surface area contributed by atoms with Gasteiger partial charge in [-0.05, 0) is 31.9 Å². The summed E-state index contributed by atoms with van der Waals surface area (Å²) in [5, 5.41) is 12.0. The van der Waals surface area contributed by atoms with Crippen LogP contribution in [0.25, 0.3) is 0 Å². The zero-order valence-electron chi connectivity index (χ0n) is 10.2. The fourth-order valence-electron chi connectivity index (χ4n) is 1.92. The molecule has 0 aliphatic heterocycles. The summed E-state index contributed by atoms with van der Waals surface area (Å²) in [6.07, 6.45) is 1.39. The number of hydrogen-bond acceptors (Lipinski definition) is 2. The number of aliphatic hydroxyl groups is 1. The van der Waals surface area contributed by atoms with Crippen LogP contribution in [-0.2, 0) is 0 Å². The average molecular weight is 243 g/mol. The Hall–Kier alpha value is -1.00. The van der Waals surface area contributed by atoms with Crippen molar-refractivity contribution in [1.29, 1.82) is 0 Å². The minimum atomic E-state index is -0.538. The molecule has 0 heterocycles. The zero-order chi connectivity index (χ0) is 12.8. The fourth-order valence-corrected chi connectivity index (χ4v) is 1.92. The SMILES string of the molecule is CCC(CCO)NC(C)c1c(F)cccc1F. The average Bonchev–Trinajstić information content (AvgIpc) is 2.28. The van der Waals surface area contributed by atoms with Gasteiger partial charge in [0.15, 0.2) is 0 Å². The maximum absolute atomic E-state index is 13.5. The predicted octanol–water partition coefficient (Wildman–Crippen LogP) is 2.78. The van der Waals surface area contributed by atoms with Crippen LogP contribution >= 0.6 is 0 Å². The molecule has 4 heteroatoms. The molecule has 0 bridgehead atoms. The van der Waals surface area contributed by atoms with Gasteiger partial charge >= 0.3 is 0 Å². The summed E-state index contributed by atoms with van der Waals surface area (Å²) in [5.74, 6) is -1.08. The molecule has 0 spiro atoms. The van der Waals surface area contributed by atoms with E-state index < -0.39 is 17.7 Å². The maximum Gasteiger partial charge on any atom is 0.130 e. The van der Waals surface area contributed by atoms with Crippen molar-refractivity contribution in [2.45, 2.75) is 38.8 Å². The first-order valence-electron chi connectivity index (χ1n) is 5.91. The summed E-state index contributed by atoms with van der Waals surface area (Å²) in [5.41, 5.74) is 0.0592. The molecule has 2 N–H and O–H groups in total. The highest BCUT2D eigenvalue weighted by Gasteiger charge is 2.18. The second kappa shape index (κ2) is 6.67. The molecular formula is C13H19F2NO. The minimum absolute atomic E-state index is 0.0592. The van der Waals surface area contributed by atoms with Crippen molar-refractivity contribution in [3.63, 3.8) is 0 Å². The molecule has 0 fully saturated rings. The first kappa shape index (κ1) is 14.1. The van der Waals surface area contributed by atoms with Gasteiger partial charge in [-0.2, -0.15) is 0 Å². The molecule has 17 heavy (non-hydrogen) atoms. The highest BCUT2D eigenvalue weighted by atomic mass is 19.1. The smallest absolute Gasteiger partial charge is 0.130 e. The van der Waals surface area contributed by atoms with E-state index in [1.54, 1.807) is 6.92 Å². The van der Waals surface area contributed by atoms with Gasteiger partial charge in [-0.1, -0.05) is 13.0 Å². The number of nitrogens with one attached hydrogen (secondary N) is 1. The Balaban J connectivity index is 2.78. The van der Waals surface area contributed by atoms with E-state index in [9.17, 15) is 8.78 Å². The molecule has 0 saturated carbocycles. The lowest BCUT2D eigenvalue weighted by atomic mass is 10.0. The Kier molecular flexibility index (Phi) is 5.51. The van der Waals surface area contributed by atoms with Crippen LogP contribution in [0.2, 0.25) is 0 Å². The third-order valence-electron chi connectivity index (χ3n) is 2.89. The van der Waals surface area contributed by atoms with Gasteiger partial charge in [0, 0.05) is 24.3 Å². The highest BCUT2D eigenvalue weighted by molar-refractivity contribution is 5.22. The van der Waals surface area contributed by atoms with Crippen LogP contribution in [-0.4, -0.2) is 17.8 Å². The van der Waals surface area contributed by atoms with Crippen molar-refractivity contribution in [3.05, 3.63) is 35.4 Å². The van der Waals surface area contributed by atoms with Crippen molar-refractivity contribution in [2.24, 2.45) is 0 Å². The lowest BCUT2D eigenvalue weighted by Crippen LogP contribution is -2.32. The summed E-state index contributed by atoms with van der Waals surface area (Å²) < 4.78 is 27.0. The molecule has 0 amide bonds. The molecule has 2 unspecified atom stereocenters.